The number of carbonyl (C=O) groups is 1. The molecule has 1 amide bonds. The Bertz CT molecular complexity index is 980. The standard InChI is InChI=1S/C22H22N2O2S/c1-15-4-8-18(9-5-15)19-10-20(12-21(11-19)27(3)26)22(25)24-14-17-7-6-16(2)23-13-17/h4-13H,14H2,1-3H3,(H,24,25). The molecule has 5 heteroatoms. The molecule has 0 saturated carbocycles. The van der Waals surface area contributed by atoms with Crippen molar-refractivity contribution in [3.05, 3.63) is 83.2 Å². The van der Waals surface area contributed by atoms with E-state index in [-0.39, 0.29) is 5.91 Å². The maximum Gasteiger partial charge on any atom is 0.251 e. The SMILES string of the molecule is Cc1ccc(-c2cc(C(=O)NCc3ccc(C)nc3)cc(S(C)=O)c2)cc1. The highest BCUT2D eigenvalue weighted by atomic mass is 32.2. The van der Waals surface area contributed by atoms with Crippen molar-refractivity contribution >= 4 is 16.7 Å². The Kier molecular flexibility index (Phi) is 5.81. The fraction of sp³-hybridized carbons (Fsp3) is 0.182. The molecule has 27 heavy (non-hydrogen) atoms. The van der Waals surface area contributed by atoms with E-state index in [4.69, 9.17) is 0 Å². The Morgan fingerprint density at radius 2 is 1.74 bits per heavy atom. The van der Waals surface area contributed by atoms with E-state index in [1.165, 1.54) is 5.56 Å². The minimum atomic E-state index is -1.18. The number of aromatic nitrogens is 1. The number of aryl methyl sites for hydroxylation is 2. The minimum absolute atomic E-state index is 0.198. The quantitative estimate of drug-likeness (QED) is 0.729. The van der Waals surface area contributed by atoms with E-state index in [1.54, 1.807) is 18.5 Å². The molecule has 0 spiro atoms. The molecule has 0 bridgehead atoms. The molecule has 0 fully saturated rings. The number of hydrogen-bond acceptors (Lipinski definition) is 3. The van der Waals surface area contributed by atoms with Crippen LogP contribution >= 0.6 is 0 Å². The zero-order chi connectivity index (χ0) is 19.4. The fourth-order valence-electron chi connectivity index (χ4n) is 2.70. The van der Waals surface area contributed by atoms with Gasteiger partial charge in [-0.15, -0.1) is 0 Å². The van der Waals surface area contributed by atoms with Crippen molar-refractivity contribution in [2.75, 3.05) is 6.26 Å². The summed E-state index contributed by atoms with van der Waals surface area (Å²) >= 11 is 0. The smallest absolute Gasteiger partial charge is 0.251 e. The van der Waals surface area contributed by atoms with Gasteiger partial charge in [0, 0.05) is 45.9 Å². The van der Waals surface area contributed by atoms with Crippen LogP contribution in [0.2, 0.25) is 0 Å². The maximum atomic E-state index is 12.7. The van der Waals surface area contributed by atoms with Crippen LogP contribution in [0.1, 0.15) is 27.2 Å². The number of amides is 1. The summed E-state index contributed by atoms with van der Waals surface area (Å²) in [7, 11) is -1.18. The van der Waals surface area contributed by atoms with Gasteiger partial charge in [-0.3, -0.25) is 14.0 Å². The first-order chi connectivity index (χ1) is 12.9. The first-order valence-electron chi connectivity index (χ1n) is 8.67. The molecule has 0 saturated heterocycles. The van der Waals surface area contributed by atoms with Crippen molar-refractivity contribution in [3.8, 4) is 11.1 Å². The van der Waals surface area contributed by atoms with Gasteiger partial charge in [0.2, 0.25) is 0 Å². The Balaban J connectivity index is 1.86. The summed E-state index contributed by atoms with van der Waals surface area (Å²) < 4.78 is 12.0. The number of rotatable bonds is 5. The monoisotopic (exact) mass is 378 g/mol. The molecule has 0 aliphatic carbocycles. The second-order valence-corrected chi connectivity index (χ2v) is 7.94. The fourth-order valence-corrected chi connectivity index (χ4v) is 3.28. The molecule has 2 aromatic carbocycles. The number of benzene rings is 2. The molecule has 138 valence electrons. The van der Waals surface area contributed by atoms with Crippen LogP contribution in [0.25, 0.3) is 11.1 Å². The van der Waals surface area contributed by atoms with Gasteiger partial charge in [-0.1, -0.05) is 35.9 Å². The molecule has 0 aliphatic rings. The van der Waals surface area contributed by atoms with Gasteiger partial charge in [-0.2, -0.15) is 0 Å². The van der Waals surface area contributed by atoms with E-state index >= 15 is 0 Å². The van der Waals surface area contributed by atoms with Crippen LogP contribution in [0.15, 0.2) is 65.7 Å². The van der Waals surface area contributed by atoms with Crippen LogP contribution in [0.5, 0.6) is 0 Å². The minimum Gasteiger partial charge on any atom is -0.348 e. The summed E-state index contributed by atoms with van der Waals surface area (Å²) in [6, 6.07) is 17.3. The molecule has 1 atom stereocenters. The van der Waals surface area contributed by atoms with Crippen LogP contribution in [-0.4, -0.2) is 21.4 Å². The van der Waals surface area contributed by atoms with Crippen molar-refractivity contribution < 1.29 is 9.00 Å². The number of pyridine rings is 1. The molecule has 0 aliphatic heterocycles. The van der Waals surface area contributed by atoms with Gasteiger partial charge in [-0.25, -0.2) is 0 Å². The third kappa shape index (κ3) is 4.89. The van der Waals surface area contributed by atoms with Gasteiger partial charge >= 0.3 is 0 Å². The van der Waals surface area contributed by atoms with Crippen LogP contribution in [0.4, 0.5) is 0 Å². The molecular weight excluding hydrogens is 356 g/mol. The predicted molar refractivity (Wildman–Crippen MR) is 109 cm³/mol. The molecule has 1 N–H and O–H groups in total. The van der Waals surface area contributed by atoms with Gasteiger partial charge in [0.15, 0.2) is 0 Å². The lowest BCUT2D eigenvalue weighted by Gasteiger charge is -2.10. The lowest BCUT2D eigenvalue weighted by atomic mass is 10.0. The average molecular weight is 378 g/mol. The number of hydrogen-bond donors (Lipinski definition) is 1. The van der Waals surface area contributed by atoms with E-state index in [9.17, 15) is 9.00 Å². The summed E-state index contributed by atoms with van der Waals surface area (Å²) in [6.45, 7) is 4.34. The maximum absolute atomic E-state index is 12.7. The molecule has 1 aromatic heterocycles. The Morgan fingerprint density at radius 1 is 1.00 bits per heavy atom. The van der Waals surface area contributed by atoms with E-state index < -0.39 is 10.8 Å². The number of carbonyl (C=O) groups excluding carboxylic acids is 1. The van der Waals surface area contributed by atoms with Crippen molar-refractivity contribution in [2.24, 2.45) is 0 Å². The molecule has 4 nitrogen and oxygen atoms in total. The van der Waals surface area contributed by atoms with Crippen molar-refractivity contribution in [2.45, 2.75) is 25.3 Å². The summed E-state index contributed by atoms with van der Waals surface area (Å²) in [5.74, 6) is -0.198. The number of nitrogens with zero attached hydrogens (tertiary/aromatic N) is 1. The van der Waals surface area contributed by atoms with Gasteiger partial charge in [-0.05, 0) is 54.8 Å². The van der Waals surface area contributed by atoms with Crippen LogP contribution in [0.3, 0.4) is 0 Å². The van der Waals surface area contributed by atoms with Gasteiger partial charge in [0.05, 0.1) is 0 Å². The van der Waals surface area contributed by atoms with Gasteiger partial charge < -0.3 is 5.32 Å². The first kappa shape index (κ1) is 19.0. The normalized spacial score (nSPS) is 11.8. The zero-order valence-corrected chi connectivity index (χ0v) is 16.5. The summed E-state index contributed by atoms with van der Waals surface area (Å²) in [5.41, 5.74) is 5.40. The average Bonchev–Trinajstić information content (AvgIpc) is 2.67. The third-order valence-electron chi connectivity index (χ3n) is 4.31. The summed E-state index contributed by atoms with van der Waals surface area (Å²) in [5, 5.41) is 2.91. The highest BCUT2D eigenvalue weighted by molar-refractivity contribution is 7.84. The largest absolute Gasteiger partial charge is 0.348 e. The Morgan fingerprint density at radius 3 is 2.37 bits per heavy atom. The molecular formula is C22H22N2O2S. The second-order valence-electron chi connectivity index (χ2n) is 6.56. The lowest BCUT2D eigenvalue weighted by Crippen LogP contribution is -2.23. The van der Waals surface area contributed by atoms with E-state index in [1.807, 2.05) is 62.4 Å². The van der Waals surface area contributed by atoms with Gasteiger partial charge in [0.1, 0.15) is 0 Å². The summed E-state index contributed by atoms with van der Waals surface area (Å²) in [6.07, 6.45) is 3.37. The van der Waals surface area contributed by atoms with E-state index in [2.05, 4.69) is 10.3 Å². The predicted octanol–water partition coefficient (Wildman–Crippen LogP) is 4.03. The second kappa shape index (κ2) is 8.27. The third-order valence-corrected chi connectivity index (χ3v) is 5.21. The Hall–Kier alpha value is -2.79. The van der Waals surface area contributed by atoms with Crippen LogP contribution in [-0.2, 0) is 17.3 Å². The molecule has 1 heterocycles. The lowest BCUT2D eigenvalue weighted by molar-refractivity contribution is 0.0950. The van der Waals surface area contributed by atoms with Crippen LogP contribution < -0.4 is 5.32 Å². The van der Waals surface area contributed by atoms with Crippen molar-refractivity contribution in [1.29, 1.82) is 0 Å². The molecule has 3 rings (SSSR count). The highest BCUT2D eigenvalue weighted by Gasteiger charge is 2.12. The topological polar surface area (TPSA) is 59.1 Å². The number of nitrogens with one attached hydrogen (secondary N) is 1. The van der Waals surface area contributed by atoms with E-state index in [0.29, 0.717) is 17.0 Å². The first-order valence-corrected chi connectivity index (χ1v) is 10.2. The van der Waals surface area contributed by atoms with Gasteiger partial charge in [0.25, 0.3) is 5.91 Å². The van der Waals surface area contributed by atoms with Crippen molar-refractivity contribution in [1.82, 2.24) is 10.3 Å². The zero-order valence-electron chi connectivity index (χ0n) is 15.7. The highest BCUT2D eigenvalue weighted by Crippen LogP contribution is 2.24. The van der Waals surface area contributed by atoms with E-state index in [0.717, 1.165) is 22.4 Å². The molecule has 1 unspecified atom stereocenters. The Labute approximate surface area is 162 Å². The van der Waals surface area contributed by atoms with Crippen molar-refractivity contribution in [3.63, 3.8) is 0 Å². The molecule has 3 aromatic rings. The summed E-state index contributed by atoms with van der Waals surface area (Å²) in [4.78, 5) is 17.5. The van der Waals surface area contributed by atoms with Crippen LogP contribution in [0, 0.1) is 13.8 Å². The molecule has 0 radical (unpaired) electrons.